The maximum Gasteiger partial charge on any atom is 0.310 e. The second-order valence-electron chi connectivity index (χ2n) is 7.61. The third-order valence-corrected chi connectivity index (χ3v) is 5.47. The molecular formula is C23H30FN3O3. The van der Waals surface area contributed by atoms with Crippen molar-refractivity contribution in [3.05, 3.63) is 47.0 Å². The largest absolute Gasteiger partial charge is 0.466 e. The third-order valence-electron chi connectivity index (χ3n) is 5.47. The molecule has 7 heteroatoms. The Labute approximate surface area is 177 Å². The molecule has 1 aliphatic rings. The van der Waals surface area contributed by atoms with Crippen LogP contribution < -0.4 is 0 Å². The van der Waals surface area contributed by atoms with Gasteiger partial charge in [-0.25, -0.2) is 9.07 Å². The minimum absolute atomic E-state index is 0.105. The quantitative estimate of drug-likeness (QED) is 0.643. The SMILES string of the molecule is CCCc1nn(-c2cccc(F)c2)c(CC)c1C(=O)N1CCC[C@H](C(=O)OCC)C1. The number of hydrogen-bond donors (Lipinski definition) is 0. The van der Waals surface area contributed by atoms with Crippen molar-refractivity contribution < 1.29 is 18.7 Å². The Morgan fingerprint density at radius 2 is 2.07 bits per heavy atom. The number of hydrogen-bond acceptors (Lipinski definition) is 4. The van der Waals surface area contributed by atoms with Crippen molar-refractivity contribution >= 4 is 11.9 Å². The number of esters is 1. The minimum Gasteiger partial charge on any atom is -0.466 e. The number of carbonyl (C=O) groups excluding carboxylic acids is 2. The maximum atomic E-state index is 13.8. The highest BCUT2D eigenvalue weighted by atomic mass is 19.1. The zero-order valence-corrected chi connectivity index (χ0v) is 18.0. The summed E-state index contributed by atoms with van der Waals surface area (Å²) < 4.78 is 20.7. The fourth-order valence-electron chi connectivity index (χ4n) is 4.08. The topological polar surface area (TPSA) is 64.4 Å². The predicted molar refractivity (Wildman–Crippen MR) is 112 cm³/mol. The number of piperidine rings is 1. The zero-order chi connectivity index (χ0) is 21.7. The summed E-state index contributed by atoms with van der Waals surface area (Å²) in [4.78, 5) is 27.5. The first-order valence-corrected chi connectivity index (χ1v) is 10.8. The van der Waals surface area contributed by atoms with E-state index in [-0.39, 0.29) is 23.6 Å². The van der Waals surface area contributed by atoms with Gasteiger partial charge in [0.1, 0.15) is 5.82 Å². The summed E-state index contributed by atoms with van der Waals surface area (Å²) in [7, 11) is 0. The van der Waals surface area contributed by atoms with E-state index in [0.29, 0.717) is 43.8 Å². The van der Waals surface area contributed by atoms with Gasteiger partial charge >= 0.3 is 5.97 Å². The maximum absolute atomic E-state index is 13.8. The van der Waals surface area contributed by atoms with Crippen LogP contribution in [0.15, 0.2) is 24.3 Å². The van der Waals surface area contributed by atoms with E-state index in [1.807, 2.05) is 13.8 Å². The molecule has 30 heavy (non-hydrogen) atoms. The van der Waals surface area contributed by atoms with E-state index in [2.05, 4.69) is 0 Å². The standard InChI is InChI=1S/C23H30FN3O3/c1-4-9-19-21(20(5-2)27(25-19)18-12-7-11-17(24)14-18)22(28)26-13-8-10-16(15-26)23(29)30-6-3/h7,11-12,14,16H,4-6,8-10,13,15H2,1-3H3/t16-/m0/s1. The van der Waals surface area contributed by atoms with Gasteiger partial charge in [0.2, 0.25) is 0 Å². The molecule has 2 heterocycles. The highest BCUT2D eigenvalue weighted by molar-refractivity contribution is 5.97. The molecule has 0 N–H and O–H groups in total. The van der Waals surface area contributed by atoms with Crippen LogP contribution in [0.1, 0.15) is 61.8 Å². The lowest BCUT2D eigenvalue weighted by molar-refractivity contribution is -0.149. The molecule has 0 aliphatic carbocycles. The summed E-state index contributed by atoms with van der Waals surface area (Å²) in [6.45, 7) is 7.10. The molecular weight excluding hydrogens is 385 g/mol. The first-order chi connectivity index (χ1) is 14.5. The number of rotatable bonds is 7. The molecule has 3 rings (SSSR count). The van der Waals surface area contributed by atoms with E-state index in [1.165, 1.54) is 12.1 Å². The third kappa shape index (κ3) is 4.55. The Balaban J connectivity index is 1.97. The van der Waals surface area contributed by atoms with Gasteiger partial charge in [-0.1, -0.05) is 26.3 Å². The molecule has 0 radical (unpaired) electrons. The first kappa shape index (κ1) is 22.0. The number of likely N-dealkylation sites (tertiary alicyclic amines) is 1. The lowest BCUT2D eigenvalue weighted by Gasteiger charge is -2.31. The number of carbonyl (C=O) groups is 2. The van der Waals surface area contributed by atoms with Crippen molar-refractivity contribution in [3.63, 3.8) is 0 Å². The van der Waals surface area contributed by atoms with Crippen molar-refractivity contribution in [1.82, 2.24) is 14.7 Å². The summed E-state index contributed by atoms with van der Waals surface area (Å²) in [5, 5.41) is 4.69. The summed E-state index contributed by atoms with van der Waals surface area (Å²) in [5.41, 5.74) is 2.69. The molecule has 6 nitrogen and oxygen atoms in total. The molecule has 0 bridgehead atoms. The highest BCUT2D eigenvalue weighted by Crippen LogP contribution is 2.26. The summed E-state index contributed by atoms with van der Waals surface area (Å²) in [6, 6.07) is 6.24. The fourth-order valence-corrected chi connectivity index (χ4v) is 4.08. The molecule has 0 spiro atoms. The summed E-state index contributed by atoms with van der Waals surface area (Å²) in [6.07, 6.45) is 3.58. The van der Waals surface area contributed by atoms with E-state index in [9.17, 15) is 14.0 Å². The monoisotopic (exact) mass is 415 g/mol. The van der Waals surface area contributed by atoms with E-state index in [4.69, 9.17) is 9.84 Å². The predicted octanol–water partition coefficient (Wildman–Crippen LogP) is 3.94. The van der Waals surface area contributed by atoms with Crippen LogP contribution in [-0.2, 0) is 22.4 Å². The second kappa shape index (κ2) is 9.87. The average Bonchev–Trinajstić information content (AvgIpc) is 3.12. The van der Waals surface area contributed by atoms with Crippen LogP contribution in [0, 0.1) is 11.7 Å². The van der Waals surface area contributed by atoms with Crippen LogP contribution in [0.4, 0.5) is 4.39 Å². The average molecular weight is 416 g/mol. The van der Waals surface area contributed by atoms with Crippen molar-refractivity contribution in [2.45, 2.75) is 52.9 Å². The fraction of sp³-hybridized carbons (Fsp3) is 0.522. The number of amides is 1. The van der Waals surface area contributed by atoms with Gasteiger partial charge in [-0.05, 0) is 50.8 Å². The second-order valence-corrected chi connectivity index (χ2v) is 7.61. The number of nitrogens with zero attached hydrogens (tertiary/aromatic N) is 3. The van der Waals surface area contributed by atoms with Crippen molar-refractivity contribution in [1.29, 1.82) is 0 Å². The van der Waals surface area contributed by atoms with Crippen molar-refractivity contribution in [2.24, 2.45) is 5.92 Å². The van der Waals surface area contributed by atoms with Gasteiger partial charge in [0.25, 0.3) is 5.91 Å². The van der Waals surface area contributed by atoms with Gasteiger partial charge in [-0.2, -0.15) is 5.10 Å². The molecule has 0 saturated carbocycles. The Hall–Kier alpha value is -2.70. The molecule has 162 valence electrons. The van der Waals surface area contributed by atoms with Gasteiger partial charge in [0.15, 0.2) is 0 Å². The van der Waals surface area contributed by atoms with Crippen LogP contribution in [0.2, 0.25) is 0 Å². The van der Waals surface area contributed by atoms with Crippen LogP contribution in [-0.4, -0.2) is 46.3 Å². The van der Waals surface area contributed by atoms with Gasteiger partial charge in [0, 0.05) is 13.1 Å². The molecule has 1 aromatic carbocycles. The smallest absolute Gasteiger partial charge is 0.310 e. The number of halogens is 1. The molecule has 1 aromatic heterocycles. The van der Waals surface area contributed by atoms with E-state index in [1.54, 1.807) is 28.6 Å². The van der Waals surface area contributed by atoms with Crippen LogP contribution in [0.25, 0.3) is 5.69 Å². The van der Waals surface area contributed by atoms with Gasteiger partial charge in [-0.3, -0.25) is 9.59 Å². The Morgan fingerprint density at radius 3 is 2.73 bits per heavy atom. The van der Waals surface area contributed by atoms with Gasteiger partial charge in [-0.15, -0.1) is 0 Å². The number of ether oxygens (including phenoxy) is 1. The van der Waals surface area contributed by atoms with E-state index in [0.717, 1.165) is 30.7 Å². The summed E-state index contributed by atoms with van der Waals surface area (Å²) >= 11 is 0. The molecule has 0 unspecified atom stereocenters. The van der Waals surface area contributed by atoms with E-state index >= 15 is 0 Å². The highest BCUT2D eigenvalue weighted by Gasteiger charge is 2.33. The molecule has 1 saturated heterocycles. The minimum atomic E-state index is -0.344. The normalized spacial score (nSPS) is 16.5. The molecule has 1 amide bonds. The number of aryl methyl sites for hydroxylation is 1. The number of benzene rings is 1. The van der Waals surface area contributed by atoms with Crippen molar-refractivity contribution in [2.75, 3.05) is 19.7 Å². The molecule has 1 atom stereocenters. The van der Waals surface area contributed by atoms with Gasteiger partial charge < -0.3 is 9.64 Å². The lowest BCUT2D eigenvalue weighted by atomic mass is 9.96. The lowest BCUT2D eigenvalue weighted by Crippen LogP contribution is -2.43. The molecule has 2 aromatic rings. The first-order valence-electron chi connectivity index (χ1n) is 10.8. The Bertz CT molecular complexity index is 909. The molecule has 1 fully saturated rings. The Morgan fingerprint density at radius 1 is 1.27 bits per heavy atom. The number of aromatic nitrogens is 2. The molecule has 1 aliphatic heterocycles. The summed E-state index contributed by atoms with van der Waals surface area (Å²) in [5.74, 6) is -0.981. The Kier molecular flexibility index (Phi) is 7.24. The van der Waals surface area contributed by atoms with Crippen LogP contribution >= 0.6 is 0 Å². The van der Waals surface area contributed by atoms with Gasteiger partial charge in [0.05, 0.1) is 35.2 Å². The van der Waals surface area contributed by atoms with Crippen LogP contribution in [0.3, 0.4) is 0 Å². The van der Waals surface area contributed by atoms with E-state index < -0.39 is 0 Å². The zero-order valence-electron chi connectivity index (χ0n) is 18.0. The van der Waals surface area contributed by atoms with Crippen molar-refractivity contribution in [3.8, 4) is 5.69 Å². The van der Waals surface area contributed by atoms with Crippen LogP contribution in [0.5, 0.6) is 0 Å².